The van der Waals surface area contributed by atoms with Gasteiger partial charge in [0.05, 0.1) is 22.9 Å². The molecule has 2 rings (SSSR count). The number of anilines is 1. The third kappa shape index (κ3) is 4.00. The molecule has 0 atom stereocenters. The van der Waals surface area contributed by atoms with Crippen LogP contribution < -0.4 is 5.32 Å². The molecule has 0 aromatic heterocycles. The number of hydrogen-bond donors (Lipinski definition) is 2. The summed E-state index contributed by atoms with van der Waals surface area (Å²) in [6, 6.07) is 2.22. The van der Waals surface area contributed by atoms with Crippen molar-refractivity contribution in [3.05, 3.63) is 27.7 Å². The molecule has 0 aliphatic carbocycles. The van der Waals surface area contributed by atoms with Gasteiger partial charge in [0.25, 0.3) is 0 Å². The van der Waals surface area contributed by atoms with Gasteiger partial charge in [-0.15, -0.1) is 0 Å². The van der Waals surface area contributed by atoms with E-state index in [0.29, 0.717) is 26.3 Å². The maximum Gasteiger partial charge on any atom is 0.337 e. The number of amides is 2. The summed E-state index contributed by atoms with van der Waals surface area (Å²) in [4.78, 5) is 25.0. The van der Waals surface area contributed by atoms with Gasteiger partial charge in [-0.3, -0.25) is 0 Å². The molecule has 1 aliphatic heterocycles. The SMILES string of the molecule is O=C(O)c1cc(Cl)cc(Cl)c1NC(=O)N1CCCOCC1. The summed E-state index contributed by atoms with van der Waals surface area (Å²) < 4.78 is 5.27. The molecule has 1 aromatic rings. The molecule has 1 heterocycles. The van der Waals surface area contributed by atoms with Gasteiger partial charge in [0.1, 0.15) is 0 Å². The van der Waals surface area contributed by atoms with Gasteiger partial charge >= 0.3 is 12.0 Å². The Morgan fingerprint density at radius 3 is 2.71 bits per heavy atom. The van der Waals surface area contributed by atoms with E-state index < -0.39 is 12.0 Å². The number of carbonyl (C=O) groups excluding carboxylic acids is 1. The predicted octanol–water partition coefficient (Wildman–Crippen LogP) is 2.95. The van der Waals surface area contributed by atoms with Crippen molar-refractivity contribution in [3.8, 4) is 0 Å². The number of nitrogens with zero attached hydrogens (tertiary/aromatic N) is 1. The fourth-order valence-electron chi connectivity index (χ4n) is 2.00. The number of aromatic carboxylic acids is 1. The predicted molar refractivity (Wildman–Crippen MR) is 79.4 cm³/mol. The number of rotatable bonds is 2. The summed E-state index contributed by atoms with van der Waals surface area (Å²) >= 11 is 11.8. The second kappa shape index (κ2) is 6.98. The topological polar surface area (TPSA) is 78.9 Å². The van der Waals surface area contributed by atoms with Gasteiger partial charge < -0.3 is 20.1 Å². The molecule has 21 heavy (non-hydrogen) atoms. The van der Waals surface area contributed by atoms with Gasteiger partial charge in [-0.05, 0) is 18.6 Å². The van der Waals surface area contributed by atoms with Crippen LogP contribution in [-0.4, -0.2) is 48.3 Å². The molecule has 0 spiro atoms. The van der Waals surface area contributed by atoms with Crippen LogP contribution in [0.25, 0.3) is 0 Å². The number of nitrogens with one attached hydrogen (secondary N) is 1. The molecule has 2 N–H and O–H groups in total. The number of halogens is 2. The average Bonchev–Trinajstić information content (AvgIpc) is 2.70. The molecule has 1 saturated heterocycles. The highest BCUT2D eigenvalue weighted by atomic mass is 35.5. The largest absolute Gasteiger partial charge is 0.478 e. The van der Waals surface area contributed by atoms with Crippen molar-refractivity contribution in [1.82, 2.24) is 4.90 Å². The van der Waals surface area contributed by atoms with E-state index in [9.17, 15) is 14.7 Å². The van der Waals surface area contributed by atoms with E-state index in [4.69, 9.17) is 27.9 Å². The van der Waals surface area contributed by atoms with Crippen molar-refractivity contribution in [2.45, 2.75) is 6.42 Å². The van der Waals surface area contributed by atoms with E-state index >= 15 is 0 Å². The van der Waals surface area contributed by atoms with Crippen LogP contribution in [0.3, 0.4) is 0 Å². The van der Waals surface area contributed by atoms with Crippen molar-refractivity contribution in [3.63, 3.8) is 0 Å². The lowest BCUT2D eigenvalue weighted by Gasteiger charge is -2.21. The third-order valence-corrected chi connectivity index (χ3v) is 3.54. The molecule has 2 amide bonds. The van der Waals surface area contributed by atoms with E-state index in [1.165, 1.54) is 12.1 Å². The number of ether oxygens (including phenoxy) is 1. The van der Waals surface area contributed by atoms with E-state index in [2.05, 4.69) is 5.32 Å². The fourth-order valence-corrected chi connectivity index (χ4v) is 2.55. The molecule has 1 fully saturated rings. The van der Waals surface area contributed by atoms with Gasteiger partial charge in [0.2, 0.25) is 0 Å². The van der Waals surface area contributed by atoms with Crippen molar-refractivity contribution < 1.29 is 19.4 Å². The number of carboxylic acids is 1. The summed E-state index contributed by atoms with van der Waals surface area (Å²) in [6.45, 7) is 2.04. The average molecular weight is 333 g/mol. The van der Waals surface area contributed by atoms with Crippen LogP contribution in [0.2, 0.25) is 10.0 Å². The number of carboxylic acid groups (broad SMARTS) is 1. The highest BCUT2D eigenvalue weighted by molar-refractivity contribution is 6.37. The second-order valence-corrected chi connectivity index (χ2v) is 5.34. The maximum absolute atomic E-state index is 12.2. The molecule has 114 valence electrons. The highest BCUT2D eigenvalue weighted by Gasteiger charge is 2.21. The lowest BCUT2D eigenvalue weighted by molar-refractivity contribution is 0.0698. The molecular formula is C13H14Cl2N2O4. The van der Waals surface area contributed by atoms with Crippen molar-refractivity contribution in [1.29, 1.82) is 0 Å². The van der Waals surface area contributed by atoms with Crippen LogP contribution in [0.15, 0.2) is 12.1 Å². The Balaban J connectivity index is 2.22. The lowest BCUT2D eigenvalue weighted by atomic mass is 10.2. The van der Waals surface area contributed by atoms with Gasteiger partial charge in [0.15, 0.2) is 0 Å². The minimum absolute atomic E-state index is 0.0451. The summed E-state index contributed by atoms with van der Waals surface area (Å²) in [6.07, 6.45) is 0.730. The van der Waals surface area contributed by atoms with Crippen LogP contribution >= 0.6 is 23.2 Å². The zero-order valence-corrected chi connectivity index (χ0v) is 12.6. The first kappa shape index (κ1) is 15.9. The van der Waals surface area contributed by atoms with E-state index in [0.717, 1.165) is 6.42 Å². The van der Waals surface area contributed by atoms with Crippen molar-refractivity contribution in [2.75, 3.05) is 31.6 Å². The first-order chi connectivity index (χ1) is 9.99. The van der Waals surface area contributed by atoms with E-state index in [1.54, 1.807) is 4.90 Å². The molecule has 1 aliphatic rings. The van der Waals surface area contributed by atoms with E-state index in [-0.39, 0.29) is 21.3 Å². The zero-order chi connectivity index (χ0) is 15.4. The maximum atomic E-state index is 12.2. The molecular weight excluding hydrogens is 319 g/mol. The summed E-state index contributed by atoms with van der Waals surface area (Å²) in [5.41, 5.74) is -0.101. The van der Waals surface area contributed by atoms with Gasteiger partial charge in [-0.2, -0.15) is 0 Å². The van der Waals surface area contributed by atoms with Gasteiger partial charge in [-0.1, -0.05) is 23.2 Å². The quantitative estimate of drug-likeness (QED) is 0.872. The molecule has 8 heteroatoms. The standard InChI is InChI=1S/C13H14Cl2N2O4/c14-8-6-9(12(18)19)11(10(15)7-8)16-13(20)17-2-1-4-21-5-3-17/h6-7H,1-5H2,(H,16,20)(H,18,19). The van der Waals surface area contributed by atoms with Crippen molar-refractivity contribution >= 4 is 40.9 Å². The Kier molecular flexibility index (Phi) is 5.27. The Morgan fingerprint density at radius 2 is 2.00 bits per heavy atom. The molecule has 0 bridgehead atoms. The molecule has 1 aromatic carbocycles. The minimum atomic E-state index is -1.21. The Hall–Kier alpha value is -1.50. The summed E-state index contributed by atoms with van der Waals surface area (Å²) in [5.74, 6) is -1.21. The Labute approximate surface area is 131 Å². The first-order valence-electron chi connectivity index (χ1n) is 6.35. The molecule has 0 unspecified atom stereocenters. The van der Waals surface area contributed by atoms with Crippen molar-refractivity contribution in [2.24, 2.45) is 0 Å². The second-order valence-electron chi connectivity index (χ2n) is 4.50. The van der Waals surface area contributed by atoms with Crippen LogP contribution in [-0.2, 0) is 4.74 Å². The molecule has 6 nitrogen and oxygen atoms in total. The Bertz CT molecular complexity index is 557. The number of urea groups is 1. The van der Waals surface area contributed by atoms with Gasteiger partial charge in [-0.25, -0.2) is 9.59 Å². The monoisotopic (exact) mass is 332 g/mol. The minimum Gasteiger partial charge on any atom is -0.478 e. The normalized spacial score (nSPS) is 15.4. The third-order valence-electron chi connectivity index (χ3n) is 3.03. The fraction of sp³-hybridized carbons (Fsp3) is 0.385. The first-order valence-corrected chi connectivity index (χ1v) is 7.10. The summed E-state index contributed by atoms with van der Waals surface area (Å²) in [7, 11) is 0. The van der Waals surface area contributed by atoms with Gasteiger partial charge in [0, 0.05) is 24.7 Å². The molecule has 0 saturated carbocycles. The number of carbonyl (C=O) groups is 2. The lowest BCUT2D eigenvalue weighted by Crippen LogP contribution is -2.37. The Morgan fingerprint density at radius 1 is 1.24 bits per heavy atom. The summed E-state index contributed by atoms with van der Waals surface area (Å²) in [5, 5.41) is 12.0. The van der Waals surface area contributed by atoms with Crippen LogP contribution in [0.5, 0.6) is 0 Å². The van der Waals surface area contributed by atoms with Crippen LogP contribution in [0, 0.1) is 0 Å². The van der Waals surface area contributed by atoms with Crippen LogP contribution in [0.4, 0.5) is 10.5 Å². The zero-order valence-electron chi connectivity index (χ0n) is 11.1. The number of benzene rings is 1. The van der Waals surface area contributed by atoms with Crippen LogP contribution in [0.1, 0.15) is 16.8 Å². The number of hydrogen-bond acceptors (Lipinski definition) is 3. The smallest absolute Gasteiger partial charge is 0.337 e. The molecule has 0 radical (unpaired) electrons. The van der Waals surface area contributed by atoms with E-state index in [1.807, 2.05) is 0 Å². The highest BCUT2D eigenvalue weighted by Crippen LogP contribution is 2.30.